The van der Waals surface area contributed by atoms with Crippen LogP contribution in [-0.4, -0.2) is 15.1 Å². The Morgan fingerprint density at radius 3 is 1.68 bits per heavy atom. The molecule has 0 amide bonds. The van der Waals surface area contributed by atoms with Gasteiger partial charge in [0.1, 0.15) is 15.8 Å². The van der Waals surface area contributed by atoms with Crippen LogP contribution in [0.25, 0.3) is 75.0 Å². The quantitative estimate of drug-likeness (QED) is 0.142. The van der Waals surface area contributed by atoms with Gasteiger partial charge in [-0.2, -0.15) is 4.90 Å². The van der Waals surface area contributed by atoms with E-state index in [1.807, 2.05) is 30.3 Å². The second-order valence-corrected chi connectivity index (χ2v) is 18.2. The van der Waals surface area contributed by atoms with Crippen LogP contribution in [0.15, 0.2) is 150 Å². The van der Waals surface area contributed by atoms with E-state index in [-0.39, 0.29) is 36.1 Å². The fourth-order valence-corrected chi connectivity index (χ4v) is 11.2. The zero-order valence-electron chi connectivity index (χ0n) is 32.1. The molecule has 0 radical (unpaired) electrons. The molecular weight excluding hydrogens is 806 g/mol. The molecule has 11 rings (SSSR count). The summed E-state index contributed by atoms with van der Waals surface area (Å²) in [6.45, 7) is 9.18. The fraction of sp³-hybridized carbons (Fsp3) is 0.120. The first kappa shape index (κ1) is 37.5. The summed E-state index contributed by atoms with van der Waals surface area (Å²) in [6, 6.07) is 50.6. The van der Waals surface area contributed by atoms with Crippen molar-refractivity contribution in [2.45, 2.75) is 43.4 Å². The Morgan fingerprint density at radius 1 is 0.491 bits per heavy atom. The van der Waals surface area contributed by atoms with E-state index >= 15 is 0 Å². The van der Waals surface area contributed by atoms with Crippen LogP contribution in [0.4, 0.5) is 0 Å². The number of rotatable bonds is 3. The summed E-state index contributed by atoms with van der Waals surface area (Å²) >= 11 is 9.10. The number of thiazole rings is 2. The largest absolute Gasteiger partial charge is 0.779 e. The van der Waals surface area contributed by atoms with Crippen molar-refractivity contribution >= 4 is 55.7 Å². The van der Waals surface area contributed by atoms with E-state index < -0.39 is 0 Å². The summed E-state index contributed by atoms with van der Waals surface area (Å²) in [5, 5.41) is 12.5. The topological polar surface area (TPSA) is 46.0 Å². The third-order valence-corrected chi connectivity index (χ3v) is 14.1. The van der Waals surface area contributed by atoms with E-state index in [1.165, 1.54) is 49.2 Å². The van der Waals surface area contributed by atoms with Gasteiger partial charge < -0.3 is 17.7 Å². The summed E-state index contributed by atoms with van der Waals surface area (Å²) < 4.78 is 2.33. The number of aromatic hydroxyl groups is 1. The van der Waals surface area contributed by atoms with Gasteiger partial charge >= 0.3 is 0 Å². The molecule has 0 fully saturated rings. The number of fused-ring (bicyclic) bond motifs is 8. The van der Waals surface area contributed by atoms with Gasteiger partial charge in [-0.1, -0.05) is 131 Å². The Balaban J connectivity index is 0.000000149. The van der Waals surface area contributed by atoms with Gasteiger partial charge in [-0.05, 0) is 104 Å². The zero-order valence-corrected chi connectivity index (χ0v) is 37.5. The molecule has 57 heavy (non-hydrogen) atoms. The van der Waals surface area contributed by atoms with E-state index in [0.29, 0.717) is 0 Å². The van der Waals surface area contributed by atoms with Crippen LogP contribution < -0.4 is 0 Å². The monoisotopic (exact) mass is 841 g/mol. The second kappa shape index (κ2) is 14.1. The third kappa shape index (κ3) is 6.06. The summed E-state index contributed by atoms with van der Waals surface area (Å²) in [5.41, 5.74) is 16.7. The van der Waals surface area contributed by atoms with Crippen molar-refractivity contribution in [3.8, 4) is 60.3 Å². The first-order valence-corrected chi connectivity index (χ1v) is 20.9. The molecule has 0 saturated carbocycles. The molecule has 2 aromatic heterocycles. The average molecular weight is 843 g/mol. The number of aromatic nitrogens is 2. The van der Waals surface area contributed by atoms with Gasteiger partial charge in [0.05, 0.1) is 26.0 Å². The maximum absolute atomic E-state index is 10.6. The Morgan fingerprint density at radius 2 is 1.00 bits per heavy atom. The van der Waals surface area contributed by atoms with Crippen molar-refractivity contribution in [1.82, 2.24) is 9.97 Å². The first-order valence-electron chi connectivity index (χ1n) is 18.8. The fourth-order valence-electron chi connectivity index (χ4n) is 8.80. The van der Waals surface area contributed by atoms with Crippen molar-refractivity contribution in [3.05, 3.63) is 168 Å². The predicted molar refractivity (Wildman–Crippen MR) is 238 cm³/mol. The van der Waals surface area contributed by atoms with Crippen molar-refractivity contribution in [2.75, 3.05) is 0 Å². The number of nitrogens with zero attached hydrogens (tertiary/aromatic N) is 2. The van der Waals surface area contributed by atoms with Crippen LogP contribution in [0, 0.1) is 0 Å². The number of para-hydroxylation sites is 2. The Labute approximate surface area is 359 Å². The summed E-state index contributed by atoms with van der Waals surface area (Å²) in [7, 11) is 0. The molecule has 274 valence electrons. The number of hydrogen-bond donors (Lipinski definition) is 1. The molecular formula is C50H37N2OS3Zn-. The van der Waals surface area contributed by atoms with Crippen molar-refractivity contribution in [1.29, 1.82) is 0 Å². The SMILES string of the molecule is CC1(C)c2ccccc2-c2ccc(-c3ccc(O)c(-c4nc5ccccc5s4)c3)cc21.CC1(C)c2ccccc2-c2ccc([S-])c(-c3nc4ccccc4s3)c21.[Zn]. The zero-order chi connectivity index (χ0) is 38.3. The molecule has 0 bridgehead atoms. The number of benzene rings is 7. The normalized spacial score (nSPS) is 13.9. The maximum atomic E-state index is 10.6. The molecule has 9 aromatic rings. The molecule has 2 heterocycles. The van der Waals surface area contributed by atoms with Gasteiger partial charge in [-0.3, -0.25) is 0 Å². The van der Waals surface area contributed by atoms with Crippen molar-refractivity contribution in [2.24, 2.45) is 0 Å². The molecule has 3 nitrogen and oxygen atoms in total. The Kier molecular flexibility index (Phi) is 9.29. The van der Waals surface area contributed by atoms with Gasteiger partial charge in [-0.25, -0.2) is 9.97 Å². The van der Waals surface area contributed by atoms with Crippen LogP contribution in [0.5, 0.6) is 5.75 Å². The molecule has 0 aliphatic heterocycles. The van der Waals surface area contributed by atoms with E-state index in [1.54, 1.807) is 28.7 Å². The molecule has 1 N–H and O–H groups in total. The third-order valence-electron chi connectivity index (χ3n) is 11.6. The van der Waals surface area contributed by atoms with E-state index in [4.69, 9.17) is 22.6 Å². The van der Waals surface area contributed by atoms with Crippen molar-refractivity contribution < 1.29 is 24.6 Å². The van der Waals surface area contributed by atoms with Crippen LogP contribution in [-0.2, 0) is 42.9 Å². The molecule has 7 aromatic carbocycles. The molecule has 0 atom stereocenters. The molecule has 0 unspecified atom stereocenters. The standard InChI is InChI=1S/C28H21NOS.C22H17NS2.Zn/c1-28(2)22-8-4-3-7-19(22)20-13-11-18(16-23(20)28)17-12-14-25(30)21(15-17)27-29-24-9-5-6-10-26(24)31-27;1-22(2)15-8-4-3-7-13(15)14-11-12-17(24)19(20(14)22)21-23-16-9-5-6-10-18(16)25-21;/h3-16,30H,1-2H3;3-12,24H,1-2H3;/p-1. The van der Waals surface area contributed by atoms with Crippen LogP contribution in [0.3, 0.4) is 0 Å². The maximum Gasteiger partial charge on any atom is 0.128 e. The molecule has 2 aliphatic rings. The summed E-state index contributed by atoms with van der Waals surface area (Å²) in [6.07, 6.45) is 0. The summed E-state index contributed by atoms with van der Waals surface area (Å²) in [4.78, 5) is 10.5. The van der Waals surface area contributed by atoms with E-state index in [2.05, 4.69) is 137 Å². The molecule has 2 aliphatic carbocycles. The smallest absolute Gasteiger partial charge is 0.128 e. The van der Waals surface area contributed by atoms with Crippen LogP contribution >= 0.6 is 22.7 Å². The minimum Gasteiger partial charge on any atom is -0.779 e. The van der Waals surface area contributed by atoms with Gasteiger partial charge in [-0.15, -0.1) is 22.7 Å². The van der Waals surface area contributed by atoms with Gasteiger partial charge in [0.15, 0.2) is 0 Å². The minimum atomic E-state index is -0.0755. The number of phenols is 1. The molecule has 0 saturated heterocycles. The summed E-state index contributed by atoms with van der Waals surface area (Å²) in [5.74, 6) is 0.261. The van der Waals surface area contributed by atoms with E-state index in [9.17, 15) is 5.11 Å². The predicted octanol–water partition coefficient (Wildman–Crippen LogP) is 13.8. The molecule has 7 heteroatoms. The minimum absolute atomic E-state index is 0. The van der Waals surface area contributed by atoms with E-state index in [0.717, 1.165) is 52.9 Å². The van der Waals surface area contributed by atoms with Gasteiger partial charge in [0, 0.05) is 30.3 Å². The molecule has 0 spiro atoms. The van der Waals surface area contributed by atoms with Crippen LogP contribution in [0.1, 0.15) is 49.9 Å². The van der Waals surface area contributed by atoms with Crippen molar-refractivity contribution in [3.63, 3.8) is 0 Å². The van der Waals surface area contributed by atoms with Gasteiger partial charge in [0.2, 0.25) is 0 Å². The first-order chi connectivity index (χ1) is 27.1. The number of hydrogen-bond acceptors (Lipinski definition) is 6. The van der Waals surface area contributed by atoms with Crippen LogP contribution in [0.2, 0.25) is 0 Å². The Hall–Kier alpha value is -5.04. The second-order valence-electron chi connectivity index (χ2n) is 15.7. The van der Waals surface area contributed by atoms with Gasteiger partial charge in [0.25, 0.3) is 0 Å². The average Bonchev–Trinajstić information content (AvgIpc) is 3.95. The number of phenolic OH excluding ortho intramolecular Hbond substituents is 1. The Bertz CT molecular complexity index is 2960.